The second-order valence-electron chi connectivity index (χ2n) is 5.76. The first kappa shape index (κ1) is 13.1. The number of pyridine rings is 1. The van der Waals surface area contributed by atoms with Crippen LogP contribution >= 0.6 is 0 Å². The van der Waals surface area contributed by atoms with Crippen molar-refractivity contribution in [3.63, 3.8) is 0 Å². The lowest BCUT2D eigenvalue weighted by atomic mass is 10.0. The monoisotopic (exact) mass is 270 g/mol. The quantitative estimate of drug-likeness (QED) is 0.787. The van der Waals surface area contributed by atoms with Crippen molar-refractivity contribution in [2.24, 2.45) is 0 Å². The maximum atomic E-state index is 10.8. The van der Waals surface area contributed by atoms with Gasteiger partial charge in [-0.1, -0.05) is 0 Å². The number of aromatic nitrogens is 1. The SMILES string of the molecule is CC1(C)COCCN1c1ccc2cc(C=O)ccc2n1. The molecule has 0 aliphatic carbocycles. The lowest BCUT2D eigenvalue weighted by Crippen LogP contribution is -2.53. The number of carbonyl (C=O) groups excluding carboxylic acids is 1. The van der Waals surface area contributed by atoms with Crippen LogP contribution in [0.5, 0.6) is 0 Å². The summed E-state index contributed by atoms with van der Waals surface area (Å²) in [6.45, 7) is 6.60. The zero-order valence-corrected chi connectivity index (χ0v) is 11.8. The average molecular weight is 270 g/mol. The molecule has 0 bridgehead atoms. The Bertz CT molecular complexity index is 652. The number of hydrogen-bond donors (Lipinski definition) is 0. The van der Waals surface area contributed by atoms with Gasteiger partial charge in [-0.3, -0.25) is 4.79 Å². The highest BCUT2D eigenvalue weighted by atomic mass is 16.5. The van der Waals surface area contributed by atoms with E-state index in [9.17, 15) is 4.79 Å². The second-order valence-corrected chi connectivity index (χ2v) is 5.76. The normalized spacial score (nSPS) is 18.2. The van der Waals surface area contributed by atoms with E-state index in [-0.39, 0.29) is 5.54 Å². The first-order valence-corrected chi connectivity index (χ1v) is 6.81. The van der Waals surface area contributed by atoms with E-state index >= 15 is 0 Å². The van der Waals surface area contributed by atoms with E-state index < -0.39 is 0 Å². The maximum Gasteiger partial charge on any atom is 0.150 e. The molecule has 1 aliphatic heterocycles. The molecule has 4 heteroatoms. The van der Waals surface area contributed by atoms with Gasteiger partial charge in [0.25, 0.3) is 0 Å². The van der Waals surface area contributed by atoms with Crippen molar-refractivity contribution in [3.8, 4) is 0 Å². The summed E-state index contributed by atoms with van der Waals surface area (Å²) in [4.78, 5) is 17.8. The average Bonchev–Trinajstić information content (AvgIpc) is 2.45. The number of ether oxygens (including phenoxy) is 1. The van der Waals surface area contributed by atoms with Crippen LogP contribution in [0.15, 0.2) is 30.3 Å². The van der Waals surface area contributed by atoms with Crippen LogP contribution in [0.4, 0.5) is 5.82 Å². The van der Waals surface area contributed by atoms with E-state index in [0.717, 1.165) is 36.2 Å². The van der Waals surface area contributed by atoms with Crippen molar-refractivity contribution < 1.29 is 9.53 Å². The van der Waals surface area contributed by atoms with Crippen LogP contribution in [0.2, 0.25) is 0 Å². The molecule has 1 fully saturated rings. The molecule has 1 aliphatic rings. The van der Waals surface area contributed by atoms with Gasteiger partial charge < -0.3 is 9.64 Å². The summed E-state index contributed by atoms with van der Waals surface area (Å²) in [5.74, 6) is 0.963. The van der Waals surface area contributed by atoms with Crippen LogP contribution in [-0.2, 0) is 4.74 Å². The zero-order chi connectivity index (χ0) is 14.2. The summed E-state index contributed by atoms with van der Waals surface area (Å²) < 4.78 is 5.55. The fourth-order valence-corrected chi connectivity index (χ4v) is 2.64. The number of rotatable bonds is 2. The van der Waals surface area contributed by atoms with Gasteiger partial charge in [0.15, 0.2) is 0 Å². The summed E-state index contributed by atoms with van der Waals surface area (Å²) >= 11 is 0. The molecule has 0 radical (unpaired) electrons. The number of benzene rings is 1. The molecule has 3 rings (SSSR count). The van der Waals surface area contributed by atoms with Gasteiger partial charge in [-0.25, -0.2) is 4.98 Å². The van der Waals surface area contributed by atoms with Gasteiger partial charge in [0.1, 0.15) is 12.1 Å². The number of morpholine rings is 1. The van der Waals surface area contributed by atoms with E-state index in [4.69, 9.17) is 9.72 Å². The smallest absolute Gasteiger partial charge is 0.150 e. The maximum absolute atomic E-state index is 10.8. The molecule has 0 spiro atoms. The van der Waals surface area contributed by atoms with Crippen molar-refractivity contribution in [2.45, 2.75) is 19.4 Å². The lowest BCUT2D eigenvalue weighted by Gasteiger charge is -2.43. The van der Waals surface area contributed by atoms with Gasteiger partial charge in [0.05, 0.1) is 24.3 Å². The predicted molar refractivity (Wildman–Crippen MR) is 79.4 cm³/mol. The Morgan fingerprint density at radius 2 is 2.15 bits per heavy atom. The highest BCUT2D eigenvalue weighted by molar-refractivity contribution is 5.87. The molecule has 1 saturated heterocycles. The van der Waals surface area contributed by atoms with Crippen LogP contribution in [0, 0.1) is 0 Å². The minimum atomic E-state index is -0.0539. The van der Waals surface area contributed by atoms with Gasteiger partial charge in [0.2, 0.25) is 0 Å². The molecule has 1 aromatic heterocycles. The number of fused-ring (bicyclic) bond motifs is 1. The minimum absolute atomic E-state index is 0.0539. The van der Waals surface area contributed by atoms with Crippen LogP contribution in [0.1, 0.15) is 24.2 Å². The highest BCUT2D eigenvalue weighted by Crippen LogP contribution is 2.27. The van der Waals surface area contributed by atoms with Gasteiger partial charge >= 0.3 is 0 Å². The van der Waals surface area contributed by atoms with Crippen molar-refractivity contribution in [3.05, 3.63) is 35.9 Å². The van der Waals surface area contributed by atoms with Crippen LogP contribution in [-0.4, -0.2) is 36.6 Å². The van der Waals surface area contributed by atoms with Gasteiger partial charge in [-0.2, -0.15) is 0 Å². The Kier molecular flexibility index (Phi) is 3.18. The van der Waals surface area contributed by atoms with Gasteiger partial charge in [-0.15, -0.1) is 0 Å². The lowest BCUT2D eigenvalue weighted by molar-refractivity contribution is 0.0639. The number of carbonyl (C=O) groups is 1. The number of nitrogens with zero attached hydrogens (tertiary/aromatic N) is 2. The third kappa shape index (κ3) is 2.27. The molecule has 0 amide bonds. The van der Waals surface area contributed by atoms with Crippen LogP contribution < -0.4 is 4.90 Å². The first-order chi connectivity index (χ1) is 9.60. The number of hydrogen-bond acceptors (Lipinski definition) is 4. The molecule has 0 saturated carbocycles. The summed E-state index contributed by atoms with van der Waals surface area (Å²) in [6.07, 6.45) is 0.860. The highest BCUT2D eigenvalue weighted by Gasteiger charge is 2.31. The summed E-state index contributed by atoms with van der Waals surface area (Å²) in [5.41, 5.74) is 1.54. The molecule has 4 nitrogen and oxygen atoms in total. The molecule has 104 valence electrons. The Morgan fingerprint density at radius 3 is 2.90 bits per heavy atom. The van der Waals surface area contributed by atoms with Crippen LogP contribution in [0.25, 0.3) is 10.9 Å². The standard InChI is InChI=1S/C16H18N2O2/c1-16(2)11-20-8-7-18(16)15-6-4-13-9-12(10-19)3-5-14(13)17-15/h3-6,9-10H,7-8,11H2,1-2H3. The molecular weight excluding hydrogens is 252 g/mol. The third-order valence-electron chi connectivity index (χ3n) is 3.76. The molecular formula is C16H18N2O2. The molecule has 2 aromatic rings. The molecule has 2 heterocycles. The predicted octanol–water partition coefficient (Wildman–Crippen LogP) is 2.66. The first-order valence-electron chi connectivity index (χ1n) is 6.81. The molecule has 20 heavy (non-hydrogen) atoms. The fraction of sp³-hybridized carbons (Fsp3) is 0.375. The Labute approximate surface area is 118 Å². The van der Waals surface area contributed by atoms with E-state index in [0.29, 0.717) is 12.2 Å². The molecule has 0 N–H and O–H groups in total. The second kappa shape index (κ2) is 4.87. The number of aldehydes is 1. The third-order valence-corrected chi connectivity index (χ3v) is 3.76. The number of anilines is 1. The van der Waals surface area contributed by atoms with E-state index in [1.165, 1.54) is 0 Å². The summed E-state index contributed by atoms with van der Waals surface area (Å²) in [7, 11) is 0. The molecule has 0 unspecified atom stereocenters. The van der Waals surface area contributed by atoms with Crippen LogP contribution in [0.3, 0.4) is 0 Å². The summed E-state index contributed by atoms with van der Waals surface area (Å²) in [5, 5.41) is 0.990. The largest absolute Gasteiger partial charge is 0.377 e. The topological polar surface area (TPSA) is 42.4 Å². The van der Waals surface area contributed by atoms with E-state index in [1.54, 1.807) is 6.07 Å². The van der Waals surface area contributed by atoms with E-state index in [2.05, 4.69) is 18.7 Å². The fourth-order valence-electron chi connectivity index (χ4n) is 2.64. The Morgan fingerprint density at radius 1 is 1.30 bits per heavy atom. The Hall–Kier alpha value is -1.94. The van der Waals surface area contributed by atoms with Gasteiger partial charge in [-0.05, 0) is 44.2 Å². The molecule has 1 aromatic carbocycles. The van der Waals surface area contributed by atoms with Crippen molar-refractivity contribution in [1.82, 2.24) is 4.98 Å². The van der Waals surface area contributed by atoms with Crippen molar-refractivity contribution in [1.29, 1.82) is 0 Å². The molecule has 0 atom stereocenters. The summed E-state index contributed by atoms with van der Waals surface area (Å²) in [6, 6.07) is 9.61. The minimum Gasteiger partial charge on any atom is -0.377 e. The van der Waals surface area contributed by atoms with Crippen molar-refractivity contribution in [2.75, 3.05) is 24.7 Å². The van der Waals surface area contributed by atoms with Crippen molar-refractivity contribution >= 4 is 23.0 Å². The Balaban J connectivity index is 2.02. The van der Waals surface area contributed by atoms with E-state index in [1.807, 2.05) is 24.3 Å². The van der Waals surface area contributed by atoms with Gasteiger partial charge in [0, 0.05) is 17.5 Å². The zero-order valence-electron chi connectivity index (χ0n) is 11.8.